The molecule has 0 aliphatic heterocycles. The topological polar surface area (TPSA) is 51.2 Å². The van der Waals surface area contributed by atoms with Crippen LogP contribution in [0, 0.1) is 0 Å². The maximum absolute atomic E-state index is 12.6. The third kappa shape index (κ3) is 4.72. The van der Waals surface area contributed by atoms with E-state index in [1.165, 1.54) is 0 Å². The van der Waals surface area contributed by atoms with Crippen LogP contribution in [0.25, 0.3) is 0 Å². The maximum Gasteiger partial charge on any atom is 0.270 e. The van der Waals surface area contributed by atoms with E-state index in [0.29, 0.717) is 18.1 Å². The van der Waals surface area contributed by atoms with Crippen molar-refractivity contribution >= 4 is 17.5 Å². The molecule has 1 N–H and O–H groups in total. The highest BCUT2D eigenvalue weighted by atomic mass is 35.5. The lowest BCUT2D eigenvalue weighted by atomic mass is 10.2. The van der Waals surface area contributed by atoms with Gasteiger partial charge in [-0.3, -0.25) is 4.79 Å². The van der Waals surface area contributed by atoms with Crippen LogP contribution in [0.2, 0.25) is 0 Å². The van der Waals surface area contributed by atoms with Gasteiger partial charge in [0.2, 0.25) is 5.88 Å². The molecular formula is C15H14ClFN2O2. The highest BCUT2D eigenvalue weighted by molar-refractivity contribution is 6.29. The number of alkyl halides is 2. The van der Waals surface area contributed by atoms with Crippen molar-refractivity contribution < 1.29 is 13.9 Å². The lowest BCUT2D eigenvalue weighted by Crippen LogP contribution is -2.28. The van der Waals surface area contributed by atoms with Crippen molar-refractivity contribution in [1.82, 2.24) is 10.3 Å². The Morgan fingerprint density at radius 3 is 2.76 bits per heavy atom. The number of hydrogen-bond acceptors (Lipinski definition) is 3. The van der Waals surface area contributed by atoms with Gasteiger partial charge < -0.3 is 10.1 Å². The molecule has 0 saturated heterocycles. The summed E-state index contributed by atoms with van der Waals surface area (Å²) in [6.07, 6.45) is 1.59. The zero-order valence-electron chi connectivity index (χ0n) is 11.1. The van der Waals surface area contributed by atoms with Gasteiger partial charge in [-0.25, -0.2) is 9.37 Å². The average molecular weight is 309 g/mol. The SMILES string of the molecule is O=C(NCc1cccnc1OCc1ccccc1)C(F)Cl. The van der Waals surface area contributed by atoms with Gasteiger partial charge in [0.15, 0.2) is 0 Å². The minimum absolute atomic E-state index is 0.101. The molecular weight excluding hydrogens is 295 g/mol. The second kappa shape index (κ2) is 7.59. The number of pyridine rings is 1. The van der Waals surface area contributed by atoms with E-state index >= 15 is 0 Å². The first kappa shape index (κ1) is 15.3. The van der Waals surface area contributed by atoms with Crippen molar-refractivity contribution in [3.05, 3.63) is 59.8 Å². The Morgan fingerprint density at radius 2 is 2.05 bits per heavy atom. The van der Waals surface area contributed by atoms with Crippen molar-refractivity contribution in [3.8, 4) is 5.88 Å². The van der Waals surface area contributed by atoms with Crippen LogP contribution in [0.1, 0.15) is 11.1 Å². The third-order valence-corrected chi connectivity index (χ3v) is 2.92. The van der Waals surface area contributed by atoms with Crippen LogP contribution in [0.5, 0.6) is 5.88 Å². The Bertz CT molecular complexity index is 593. The Morgan fingerprint density at radius 1 is 1.29 bits per heavy atom. The van der Waals surface area contributed by atoms with E-state index in [9.17, 15) is 9.18 Å². The highest BCUT2D eigenvalue weighted by Crippen LogP contribution is 2.16. The van der Waals surface area contributed by atoms with Crippen molar-refractivity contribution in [2.24, 2.45) is 0 Å². The molecule has 1 heterocycles. The van der Waals surface area contributed by atoms with Crippen LogP contribution in [0.15, 0.2) is 48.7 Å². The van der Waals surface area contributed by atoms with Crippen LogP contribution in [0.4, 0.5) is 4.39 Å². The molecule has 1 aromatic heterocycles. The normalized spacial score (nSPS) is 11.7. The summed E-state index contributed by atoms with van der Waals surface area (Å²) < 4.78 is 18.2. The Balaban J connectivity index is 1.98. The standard InChI is InChI=1S/C15H14ClFN2O2/c16-13(17)14(20)19-9-12-7-4-8-18-15(12)21-10-11-5-2-1-3-6-11/h1-8,13H,9-10H2,(H,19,20). The van der Waals surface area contributed by atoms with E-state index in [1.807, 2.05) is 30.3 Å². The smallest absolute Gasteiger partial charge is 0.270 e. The van der Waals surface area contributed by atoms with Crippen molar-refractivity contribution in [2.75, 3.05) is 0 Å². The summed E-state index contributed by atoms with van der Waals surface area (Å²) in [7, 11) is 0. The van der Waals surface area contributed by atoms with Crippen molar-refractivity contribution in [3.63, 3.8) is 0 Å². The van der Waals surface area contributed by atoms with Gasteiger partial charge in [-0.15, -0.1) is 0 Å². The predicted molar refractivity (Wildman–Crippen MR) is 77.6 cm³/mol. The molecule has 2 aromatic rings. The number of carbonyl (C=O) groups is 1. The molecule has 0 aliphatic rings. The number of nitrogens with one attached hydrogen (secondary N) is 1. The van der Waals surface area contributed by atoms with Gasteiger partial charge in [-0.2, -0.15) is 0 Å². The number of ether oxygens (including phenoxy) is 1. The van der Waals surface area contributed by atoms with Gasteiger partial charge in [-0.1, -0.05) is 48.0 Å². The molecule has 1 unspecified atom stereocenters. The first-order valence-corrected chi connectivity index (χ1v) is 6.77. The first-order valence-electron chi connectivity index (χ1n) is 6.33. The number of hydrogen-bond donors (Lipinski definition) is 1. The van der Waals surface area contributed by atoms with Gasteiger partial charge in [0.1, 0.15) is 6.61 Å². The molecule has 2 rings (SSSR count). The van der Waals surface area contributed by atoms with Gasteiger partial charge in [0.05, 0.1) is 0 Å². The minimum Gasteiger partial charge on any atom is -0.473 e. The van der Waals surface area contributed by atoms with Crippen LogP contribution < -0.4 is 10.1 Å². The van der Waals surface area contributed by atoms with E-state index in [2.05, 4.69) is 10.3 Å². The number of rotatable bonds is 6. The molecule has 1 amide bonds. The molecule has 0 radical (unpaired) electrons. The van der Waals surface area contributed by atoms with Gasteiger partial charge >= 0.3 is 0 Å². The number of benzene rings is 1. The van der Waals surface area contributed by atoms with Crippen LogP contribution >= 0.6 is 11.6 Å². The lowest BCUT2D eigenvalue weighted by molar-refractivity contribution is -0.123. The summed E-state index contributed by atoms with van der Waals surface area (Å²) in [5.74, 6) is -0.485. The van der Waals surface area contributed by atoms with Gasteiger partial charge in [-0.05, 0) is 11.6 Å². The molecule has 1 aromatic carbocycles. The number of halogens is 2. The van der Waals surface area contributed by atoms with E-state index < -0.39 is 11.5 Å². The summed E-state index contributed by atoms with van der Waals surface area (Å²) in [5, 5.41) is 2.37. The molecule has 110 valence electrons. The van der Waals surface area contributed by atoms with E-state index in [1.54, 1.807) is 18.3 Å². The number of aromatic nitrogens is 1. The van der Waals surface area contributed by atoms with Crippen LogP contribution in [-0.2, 0) is 17.9 Å². The fourth-order valence-electron chi connectivity index (χ4n) is 1.67. The predicted octanol–water partition coefficient (Wildman–Crippen LogP) is 2.81. The average Bonchev–Trinajstić information content (AvgIpc) is 2.52. The van der Waals surface area contributed by atoms with Crippen molar-refractivity contribution in [1.29, 1.82) is 0 Å². The van der Waals surface area contributed by atoms with E-state index in [4.69, 9.17) is 16.3 Å². The van der Waals surface area contributed by atoms with Crippen LogP contribution in [-0.4, -0.2) is 16.5 Å². The molecule has 1 atom stereocenters. The molecule has 6 heteroatoms. The quantitative estimate of drug-likeness (QED) is 0.835. The highest BCUT2D eigenvalue weighted by Gasteiger charge is 2.13. The second-order valence-electron chi connectivity index (χ2n) is 4.26. The van der Waals surface area contributed by atoms with E-state index in [0.717, 1.165) is 5.56 Å². The number of nitrogens with zero attached hydrogens (tertiary/aromatic N) is 1. The third-order valence-electron chi connectivity index (χ3n) is 2.72. The fraction of sp³-hybridized carbons (Fsp3) is 0.200. The minimum atomic E-state index is -2.06. The molecule has 4 nitrogen and oxygen atoms in total. The number of amides is 1. The summed E-state index contributed by atoms with van der Waals surface area (Å²) in [5.41, 5.74) is -0.405. The molecule has 0 bridgehead atoms. The summed E-state index contributed by atoms with van der Waals surface area (Å²) in [6.45, 7) is 0.462. The molecule has 0 saturated carbocycles. The Labute approximate surface area is 126 Å². The molecule has 0 spiro atoms. The van der Waals surface area contributed by atoms with Gasteiger partial charge in [0, 0.05) is 18.3 Å². The first-order chi connectivity index (χ1) is 10.2. The summed E-state index contributed by atoms with van der Waals surface area (Å²) in [6, 6.07) is 13.1. The maximum atomic E-state index is 12.6. The number of carbonyl (C=O) groups excluding carboxylic acids is 1. The lowest BCUT2D eigenvalue weighted by Gasteiger charge is -2.11. The Kier molecular flexibility index (Phi) is 5.51. The van der Waals surface area contributed by atoms with Crippen LogP contribution in [0.3, 0.4) is 0 Å². The Hall–Kier alpha value is -2.14. The summed E-state index contributed by atoms with van der Waals surface area (Å²) >= 11 is 5.05. The van der Waals surface area contributed by atoms with E-state index in [-0.39, 0.29) is 6.54 Å². The largest absolute Gasteiger partial charge is 0.473 e. The monoisotopic (exact) mass is 308 g/mol. The zero-order chi connectivity index (χ0) is 15.1. The van der Waals surface area contributed by atoms with Crippen molar-refractivity contribution in [2.45, 2.75) is 18.8 Å². The fourth-order valence-corrected chi connectivity index (χ4v) is 1.75. The second-order valence-corrected chi connectivity index (χ2v) is 4.64. The summed E-state index contributed by atoms with van der Waals surface area (Å²) in [4.78, 5) is 15.2. The molecule has 0 fully saturated rings. The molecule has 21 heavy (non-hydrogen) atoms. The zero-order valence-corrected chi connectivity index (χ0v) is 11.9. The molecule has 0 aliphatic carbocycles. The van der Waals surface area contributed by atoms with Gasteiger partial charge in [0.25, 0.3) is 11.5 Å².